The summed E-state index contributed by atoms with van der Waals surface area (Å²) in [5, 5.41) is 1.36. The van der Waals surface area contributed by atoms with Gasteiger partial charge in [0.05, 0.1) is 29.3 Å². The van der Waals surface area contributed by atoms with Crippen LogP contribution in [0.1, 0.15) is 11.8 Å². The number of urea groups is 1. The van der Waals surface area contributed by atoms with Crippen molar-refractivity contribution in [2.24, 2.45) is 4.99 Å². The number of carbonyl (C=O) groups excluding carboxylic acids is 2. The Morgan fingerprint density at radius 3 is 2.89 bits per heavy atom. The van der Waals surface area contributed by atoms with Gasteiger partial charge in [-0.1, -0.05) is 6.92 Å². The molecule has 0 spiro atoms. The molecule has 0 atom stereocenters. The molecule has 36 heavy (non-hydrogen) atoms. The Morgan fingerprint density at radius 1 is 1.25 bits per heavy atom. The fraction of sp³-hybridized carbons (Fsp3) is 0.333. The minimum atomic E-state index is -0.573. The van der Waals surface area contributed by atoms with Crippen molar-refractivity contribution in [2.45, 2.75) is 13.5 Å². The standard InChI is InChI=1S/C24H27N7O3S2/c1-2-26-28-23(33)31-22(32)21(14-19-15-25-16-35-19)36-24(31)27-18-3-4-20-17(13-18)5-6-30(20)8-7-29-9-11-34-12-10-29/h3-6,13-16,26H,2,7-12H2,1H3,(H,28,33). The molecule has 12 heteroatoms. The molecule has 0 bridgehead atoms. The Hall–Kier alpha value is -3.03. The van der Waals surface area contributed by atoms with E-state index in [9.17, 15) is 9.59 Å². The number of amidine groups is 1. The molecule has 4 heterocycles. The van der Waals surface area contributed by atoms with Crippen LogP contribution in [0.2, 0.25) is 0 Å². The molecule has 1 aromatic carbocycles. The summed E-state index contributed by atoms with van der Waals surface area (Å²) >= 11 is 2.59. The Balaban J connectivity index is 1.38. The number of imide groups is 1. The van der Waals surface area contributed by atoms with E-state index in [0.717, 1.165) is 60.1 Å². The number of thioether (sulfide) groups is 1. The summed E-state index contributed by atoms with van der Waals surface area (Å²) in [6, 6.07) is 7.42. The normalized spacial score (nSPS) is 19.1. The fourth-order valence-electron chi connectivity index (χ4n) is 4.01. The van der Waals surface area contributed by atoms with Gasteiger partial charge in [-0.15, -0.1) is 11.3 Å². The number of carbonyl (C=O) groups is 2. The van der Waals surface area contributed by atoms with Gasteiger partial charge in [0, 0.05) is 60.9 Å². The highest BCUT2D eigenvalue weighted by molar-refractivity contribution is 8.18. The largest absolute Gasteiger partial charge is 0.379 e. The lowest BCUT2D eigenvalue weighted by molar-refractivity contribution is -0.120. The molecule has 2 aliphatic rings. The molecular formula is C24H27N7O3S2. The number of amides is 3. The highest BCUT2D eigenvalue weighted by Crippen LogP contribution is 2.35. The van der Waals surface area contributed by atoms with Crippen molar-refractivity contribution in [3.8, 4) is 0 Å². The second-order valence-electron chi connectivity index (χ2n) is 8.22. The van der Waals surface area contributed by atoms with E-state index in [1.54, 1.807) is 17.8 Å². The smallest absolute Gasteiger partial charge is 0.345 e. The molecule has 2 fully saturated rings. The molecule has 2 aliphatic heterocycles. The first kappa shape index (κ1) is 24.7. The fourth-order valence-corrected chi connectivity index (χ4v) is 5.61. The van der Waals surface area contributed by atoms with Gasteiger partial charge in [0.2, 0.25) is 0 Å². The average molecular weight is 526 g/mol. The minimum Gasteiger partial charge on any atom is -0.379 e. The number of hydrogen-bond acceptors (Lipinski definition) is 9. The minimum absolute atomic E-state index is 0.303. The van der Waals surface area contributed by atoms with Crippen LogP contribution < -0.4 is 10.9 Å². The van der Waals surface area contributed by atoms with Crippen molar-refractivity contribution < 1.29 is 14.3 Å². The van der Waals surface area contributed by atoms with Crippen LogP contribution in [0.4, 0.5) is 10.5 Å². The summed E-state index contributed by atoms with van der Waals surface area (Å²) in [5.41, 5.74) is 8.79. The summed E-state index contributed by atoms with van der Waals surface area (Å²) < 4.78 is 7.67. The first-order valence-corrected chi connectivity index (χ1v) is 13.4. The number of thiazole rings is 1. The number of hydrazine groups is 1. The number of nitrogens with one attached hydrogen (secondary N) is 2. The number of fused-ring (bicyclic) bond motifs is 1. The highest BCUT2D eigenvalue weighted by Gasteiger charge is 2.38. The van der Waals surface area contributed by atoms with Gasteiger partial charge in [-0.2, -0.15) is 0 Å². The van der Waals surface area contributed by atoms with Crippen molar-refractivity contribution >= 4 is 62.9 Å². The molecule has 5 rings (SSSR count). The molecular weight excluding hydrogens is 498 g/mol. The molecule has 188 valence electrons. The zero-order valence-electron chi connectivity index (χ0n) is 19.8. The van der Waals surface area contributed by atoms with E-state index in [1.807, 2.05) is 25.1 Å². The number of ether oxygens (including phenoxy) is 1. The predicted octanol–water partition coefficient (Wildman–Crippen LogP) is 3.27. The van der Waals surface area contributed by atoms with Crippen LogP contribution in [-0.2, 0) is 16.1 Å². The lowest BCUT2D eigenvalue weighted by Gasteiger charge is -2.26. The van der Waals surface area contributed by atoms with E-state index < -0.39 is 11.9 Å². The molecule has 0 radical (unpaired) electrons. The third kappa shape index (κ3) is 5.52. The number of nitrogens with zero attached hydrogens (tertiary/aromatic N) is 5. The van der Waals surface area contributed by atoms with E-state index in [-0.39, 0.29) is 0 Å². The number of rotatable bonds is 7. The van der Waals surface area contributed by atoms with Crippen molar-refractivity contribution in [2.75, 3.05) is 39.4 Å². The van der Waals surface area contributed by atoms with Gasteiger partial charge in [0.15, 0.2) is 5.17 Å². The first-order chi connectivity index (χ1) is 17.6. The summed E-state index contributed by atoms with van der Waals surface area (Å²) in [6.07, 6.45) is 5.50. The average Bonchev–Trinajstić information content (AvgIpc) is 3.62. The van der Waals surface area contributed by atoms with Gasteiger partial charge < -0.3 is 9.30 Å². The van der Waals surface area contributed by atoms with Gasteiger partial charge in [-0.25, -0.2) is 20.1 Å². The molecule has 0 aliphatic carbocycles. The van der Waals surface area contributed by atoms with Crippen LogP contribution in [0, 0.1) is 0 Å². The van der Waals surface area contributed by atoms with Gasteiger partial charge in [0.25, 0.3) is 5.91 Å². The SMILES string of the molecule is CCNNC(=O)N1C(=O)C(=Cc2cncs2)SC1=Nc1ccc2c(ccn2CCN2CCOCC2)c1. The summed E-state index contributed by atoms with van der Waals surface area (Å²) in [7, 11) is 0. The van der Waals surface area contributed by atoms with E-state index in [4.69, 9.17) is 4.74 Å². The van der Waals surface area contributed by atoms with E-state index in [1.165, 1.54) is 23.1 Å². The Bertz CT molecular complexity index is 1300. The van der Waals surface area contributed by atoms with Crippen LogP contribution in [0.3, 0.4) is 0 Å². The second kappa shape index (κ2) is 11.4. The van der Waals surface area contributed by atoms with Gasteiger partial charge in [0.1, 0.15) is 0 Å². The lowest BCUT2D eigenvalue weighted by atomic mass is 10.2. The molecule has 3 aromatic rings. The third-order valence-electron chi connectivity index (χ3n) is 5.85. The number of aromatic nitrogens is 2. The Morgan fingerprint density at radius 2 is 2.11 bits per heavy atom. The van der Waals surface area contributed by atoms with Crippen molar-refractivity contribution in [3.63, 3.8) is 0 Å². The second-order valence-corrected chi connectivity index (χ2v) is 10.1. The maximum Gasteiger partial charge on any atom is 0.345 e. The Labute approximate surface area is 217 Å². The molecule has 2 aromatic heterocycles. The number of aliphatic imine (C=N–C) groups is 1. The quantitative estimate of drug-likeness (QED) is 0.360. The van der Waals surface area contributed by atoms with Crippen molar-refractivity contribution in [1.29, 1.82) is 0 Å². The number of benzene rings is 1. The van der Waals surface area contributed by atoms with Crippen LogP contribution in [0.15, 0.2) is 52.1 Å². The van der Waals surface area contributed by atoms with Crippen molar-refractivity contribution in [1.82, 2.24) is 30.2 Å². The molecule has 0 saturated carbocycles. The molecule has 2 saturated heterocycles. The molecule has 0 unspecified atom stereocenters. The predicted molar refractivity (Wildman–Crippen MR) is 143 cm³/mol. The summed E-state index contributed by atoms with van der Waals surface area (Å²) in [6.45, 7) is 7.77. The van der Waals surface area contributed by atoms with E-state index in [2.05, 4.69) is 42.6 Å². The van der Waals surface area contributed by atoms with Crippen LogP contribution in [-0.4, -0.2) is 75.8 Å². The Kier molecular flexibility index (Phi) is 7.78. The maximum atomic E-state index is 13.1. The van der Waals surface area contributed by atoms with Crippen LogP contribution in [0.25, 0.3) is 17.0 Å². The number of morpholine rings is 1. The molecule has 2 N–H and O–H groups in total. The molecule has 10 nitrogen and oxygen atoms in total. The van der Waals surface area contributed by atoms with Crippen LogP contribution in [0.5, 0.6) is 0 Å². The highest BCUT2D eigenvalue weighted by atomic mass is 32.2. The van der Waals surface area contributed by atoms with Gasteiger partial charge >= 0.3 is 6.03 Å². The monoisotopic (exact) mass is 525 g/mol. The zero-order chi connectivity index (χ0) is 24.9. The van der Waals surface area contributed by atoms with Crippen molar-refractivity contribution in [3.05, 3.63) is 52.0 Å². The maximum absolute atomic E-state index is 13.1. The topological polar surface area (TPSA) is 104 Å². The molecule has 3 amide bonds. The van der Waals surface area contributed by atoms with E-state index >= 15 is 0 Å². The van der Waals surface area contributed by atoms with E-state index in [0.29, 0.717) is 22.3 Å². The number of hydrogen-bond donors (Lipinski definition) is 2. The van der Waals surface area contributed by atoms with Gasteiger partial charge in [-0.05, 0) is 42.1 Å². The third-order valence-corrected chi connectivity index (χ3v) is 7.54. The first-order valence-electron chi connectivity index (χ1n) is 11.8. The summed E-state index contributed by atoms with van der Waals surface area (Å²) in [4.78, 5) is 39.3. The zero-order valence-corrected chi connectivity index (χ0v) is 21.5. The van der Waals surface area contributed by atoms with Crippen LogP contribution >= 0.6 is 23.1 Å². The summed E-state index contributed by atoms with van der Waals surface area (Å²) in [5.74, 6) is -0.419. The lowest BCUT2D eigenvalue weighted by Crippen LogP contribution is -2.48. The van der Waals surface area contributed by atoms with Gasteiger partial charge in [-0.3, -0.25) is 20.1 Å².